The molecule has 2 heteroatoms. The normalized spacial score (nSPS) is 11.3. The van der Waals surface area contributed by atoms with Gasteiger partial charge >= 0.3 is 0 Å². The molecule has 18 heavy (non-hydrogen) atoms. The Bertz CT molecular complexity index is 704. The van der Waals surface area contributed by atoms with Crippen molar-refractivity contribution in [1.82, 2.24) is 0 Å². The third kappa shape index (κ3) is 1.93. The number of rotatable bonds is 2. The molecular weight excluding hydrogens is 240 g/mol. The highest BCUT2D eigenvalue weighted by molar-refractivity contribution is 7.91. The van der Waals surface area contributed by atoms with Crippen molar-refractivity contribution in [2.45, 2.75) is 0 Å². The van der Waals surface area contributed by atoms with E-state index in [1.54, 1.807) is 0 Å². The largest absolute Gasteiger partial charge is 0.286 e. The summed E-state index contributed by atoms with van der Waals surface area (Å²) in [7, 11) is 0. The van der Waals surface area contributed by atoms with Crippen LogP contribution in [-0.2, 0) is 11.2 Å². The van der Waals surface area contributed by atoms with Crippen molar-refractivity contribution >= 4 is 32.7 Å². The van der Waals surface area contributed by atoms with Gasteiger partial charge < -0.3 is 0 Å². The summed E-state index contributed by atoms with van der Waals surface area (Å²) in [4.78, 5) is 0. The molecule has 0 spiro atoms. The number of fused-ring (bicyclic) bond motifs is 3. The first kappa shape index (κ1) is 11.4. The van der Waals surface area contributed by atoms with Crippen LogP contribution in [0.25, 0.3) is 21.5 Å². The molecule has 90 valence electrons. The fraction of sp³-hybridized carbons (Fsp3) is 0.125. The molecule has 0 bridgehead atoms. The van der Waals surface area contributed by atoms with Crippen molar-refractivity contribution in [1.29, 1.82) is 0 Å². The van der Waals surface area contributed by atoms with E-state index in [0.717, 1.165) is 5.75 Å². The highest BCUT2D eigenvalue weighted by Gasteiger charge is 2.12. The van der Waals surface area contributed by atoms with E-state index in [2.05, 4.69) is 67.1 Å². The van der Waals surface area contributed by atoms with Gasteiger partial charge in [-0.15, -0.1) is 0 Å². The van der Waals surface area contributed by atoms with E-state index in [-0.39, 0.29) is 11.2 Å². The third-order valence-electron chi connectivity index (χ3n) is 2.99. The zero-order valence-electron chi connectivity index (χ0n) is 10.5. The predicted molar refractivity (Wildman–Crippen MR) is 81.3 cm³/mol. The van der Waals surface area contributed by atoms with Gasteiger partial charge in [0.2, 0.25) is 0 Å². The Morgan fingerprint density at radius 1 is 0.778 bits per heavy atom. The Kier molecular flexibility index (Phi) is 2.88. The van der Waals surface area contributed by atoms with E-state index in [1.165, 1.54) is 21.5 Å². The quantitative estimate of drug-likeness (QED) is 0.493. The van der Waals surface area contributed by atoms with E-state index in [9.17, 15) is 0 Å². The van der Waals surface area contributed by atoms with Gasteiger partial charge in [0.25, 0.3) is 0 Å². The molecule has 0 saturated carbocycles. The zero-order chi connectivity index (χ0) is 12.5. The van der Waals surface area contributed by atoms with Crippen LogP contribution in [-0.4, -0.2) is 12.5 Å². The van der Waals surface area contributed by atoms with Crippen molar-refractivity contribution in [3.05, 3.63) is 54.6 Å². The Labute approximate surface area is 110 Å². The molecule has 3 aromatic rings. The average Bonchev–Trinajstić information content (AvgIpc) is 2.38. The van der Waals surface area contributed by atoms with Crippen LogP contribution in [0.5, 0.6) is 5.75 Å². The molecular formula is C16H15OS+. The van der Waals surface area contributed by atoms with Gasteiger partial charge in [0.15, 0.2) is 16.9 Å². The van der Waals surface area contributed by atoms with Gasteiger partial charge in [0.1, 0.15) is 12.5 Å². The first-order valence-corrected chi connectivity index (χ1v) is 7.89. The second-order valence-electron chi connectivity index (χ2n) is 4.47. The summed E-state index contributed by atoms with van der Waals surface area (Å²) in [6.07, 6.45) is 4.17. The molecule has 0 fully saturated rings. The third-order valence-corrected chi connectivity index (χ3v) is 3.50. The molecule has 0 saturated heterocycles. The summed E-state index contributed by atoms with van der Waals surface area (Å²) in [6.45, 7) is 0. The standard InChI is InChI=1S/C16H15OS/c1-18(2)17-16-11-12-7-3-4-8-13(12)14-9-5-6-10-15(14)16/h3-11H,1-2H3/q+1. The highest BCUT2D eigenvalue weighted by Crippen LogP contribution is 2.33. The predicted octanol–water partition coefficient (Wildman–Crippen LogP) is 4.16. The summed E-state index contributed by atoms with van der Waals surface area (Å²) in [5, 5.41) is 4.97. The lowest BCUT2D eigenvalue weighted by Gasteiger charge is -2.08. The van der Waals surface area contributed by atoms with Crippen molar-refractivity contribution in [2.24, 2.45) is 0 Å². The first-order chi connectivity index (χ1) is 8.75. The molecule has 3 aromatic carbocycles. The number of benzene rings is 3. The monoisotopic (exact) mass is 255 g/mol. The van der Waals surface area contributed by atoms with Gasteiger partial charge in [0.05, 0.1) is 0 Å². The fourth-order valence-corrected chi connectivity index (χ4v) is 2.77. The van der Waals surface area contributed by atoms with E-state index in [4.69, 9.17) is 4.18 Å². The van der Waals surface area contributed by atoms with Gasteiger partial charge in [-0.1, -0.05) is 48.5 Å². The lowest BCUT2D eigenvalue weighted by Crippen LogP contribution is -2.04. The Balaban J connectivity index is 2.39. The minimum atomic E-state index is -0.0655. The Morgan fingerprint density at radius 3 is 2.11 bits per heavy atom. The lowest BCUT2D eigenvalue weighted by atomic mass is 10.0. The maximum absolute atomic E-state index is 5.96. The molecule has 0 aromatic heterocycles. The Hall–Kier alpha value is -1.67. The minimum absolute atomic E-state index is 0.0655. The van der Waals surface area contributed by atoms with E-state index in [1.807, 2.05) is 0 Å². The molecule has 3 rings (SSSR count). The van der Waals surface area contributed by atoms with Crippen LogP contribution in [0.1, 0.15) is 0 Å². The van der Waals surface area contributed by atoms with Gasteiger partial charge in [0, 0.05) is 5.39 Å². The minimum Gasteiger partial charge on any atom is -0.286 e. The van der Waals surface area contributed by atoms with Crippen LogP contribution in [0.4, 0.5) is 0 Å². The summed E-state index contributed by atoms with van der Waals surface area (Å²) in [5.41, 5.74) is 0. The molecule has 0 atom stereocenters. The molecule has 0 aliphatic heterocycles. The van der Waals surface area contributed by atoms with Crippen molar-refractivity contribution in [3.63, 3.8) is 0 Å². The number of hydrogen-bond donors (Lipinski definition) is 0. The van der Waals surface area contributed by atoms with E-state index >= 15 is 0 Å². The molecule has 0 aliphatic rings. The second kappa shape index (κ2) is 4.54. The summed E-state index contributed by atoms with van der Waals surface area (Å²) in [6, 6.07) is 19.0. The van der Waals surface area contributed by atoms with Crippen molar-refractivity contribution in [3.8, 4) is 5.75 Å². The molecule has 0 N–H and O–H groups in total. The van der Waals surface area contributed by atoms with E-state index < -0.39 is 0 Å². The maximum atomic E-state index is 5.96. The van der Waals surface area contributed by atoms with Crippen LogP contribution in [0, 0.1) is 0 Å². The zero-order valence-corrected chi connectivity index (χ0v) is 11.3. The molecule has 0 heterocycles. The van der Waals surface area contributed by atoms with Crippen LogP contribution in [0.3, 0.4) is 0 Å². The van der Waals surface area contributed by atoms with Crippen LogP contribution < -0.4 is 4.18 Å². The SMILES string of the molecule is C[S+](C)Oc1cc2ccccc2c2ccccc12. The molecule has 0 radical (unpaired) electrons. The van der Waals surface area contributed by atoms with Crippen LogP contribution >= 0.6 is 0 Å². The smallest absolute Gasteiger partial charge is 0.195 e. The number of hydrogen-bond acceptors (Lipinski definition) is 1. The topological polar surface area (TPSA) is 9.23 Å². The summed E-state index contributed by atoms with van der Waals surface area (Å²) in [5.74, 6) is 0.984. The average molecular weight is 255 g/mol. The summed E-state index contributed by atoms with van der Waals surface area (Å²) >= 11 is -0.0655. The molecule has 1 nitrogen and oxygen atoms in total. The van der Waals surface area contributed by atoms with Gasteiger partial charge in [-0.05, 0) is 22.2 Å². The summed E-state index contributed by atoms with van der Waals surface area (Å²) < 4.78 is 5.96. The Morgan fingerprint density at radius 2 is 1.39 bits per heavy atom. The van der Waals surface area contributed by atoms with Gasteiger partial charge in [-0.3, -0.25) is 4.18 Å². The fourth-order valence-electron chi connectivity index (χ4n) is 2.27. The van der Waals surface area contributed by atoms with Crippen molar-refractivity contribution < 1.29 is 4.18 Å². The lowest BCUT2D eigenvalue weighted by molar-refractivity contribution is 0.644. The van der Waals surface area contributed by atoms with E-state index in [0.29, 0.717) is 0 Å². The van der Waals surface area contributed by atoms with Crippen LogP contribution in [0.15, 0.2) is 54.6 Å². The maximum Gasteiger partial charge on any atom is 0.195 e. The van der Waals surface area contributed by atoms with Crippen molar-refractivity contribution in [2.75, 3.05) is 12.5 Å². The second-order valence-corrected chi connectivity index (χ2v) is 6.12. The van der Waals surface area contributed by atoms with Gasteiger partial charge in [-0.25, -0.2) is 0 Å². The van der Waals surface area contributed by atoms with Crippen LogP contribution in [0.2, 0.25) is 0 Å². The molecule has 0 unspecified atom stereocenters. The molecule has 0 amide bonds. The van der Waals surface area contributed by atoms with Gasteiger partial charge in [-0.2, -0.15) is 0 Å². The first-order valence-electron chi connectivity index (χ1n) is 5.92. The molecule has 0 aliphatic carbocycles. The highest BCUT2D eigenvalue weighted by atomic mass is 32.2.